The molecule has 3 heterocycles. The molecule has 12 heteroatoms. The molecule has 0 unspecified atom stereocenters. The van der Waals surface area contributed by atoms with Crippen LogP contribution >= 0.6 is 0 Å². The Balaban J connectivity index is 1.60. The van der Waals surface area contributed by atoms with Gasteiger partial charge in [-0.05, 0) is 44.9 Å². The van der Waals surface area contributed by atoms with Crippen molar-refractivity contribution < 1.29 is 17.9 Å². The van der Waals surface area contributed by atoms with Crippen LogP contribution in [0.2, 0.25) is 0 Å². The summed E-state index contributed by atoms with van der Waals surface area (Å²) in [4.78, 5) is 23.2. The van der Waals surface area contributed by atoms with Gasteiger partial charge in [-0.2, -0.15) is 0 Å². The number of rotatable bonds is 7. The fraction of sp³-hybridized carbons (Fsp3) is 0.522. The van der Waals surface area contributed by atoms with Crippen molar-refractivity contribution in [2.24, 2.45) is 0 Å². The van der Waals surface area contributed by atoms with Crippen LogP contribution in [-0.4, -0.2) is 65.9 Å². The molecule has 1 saturated carbocycles. The van der Waals surface area contributed by atoms with Crippen molar-refractivity contribution in [1.29, 1.82) is 0 Å². The summed E-state index contributed by atoms with van der Waals surface area (Å²) in [6.07, 6.45) is 4.26. The molecule has 188 valence electrons. The number of nitrogens with one attached hydrogen (secondary N) is 2. The zero-order valence-electron chi connectivity index (χ0n) is 19.9. The quantitative estimate of drug-likeness (QED) is 0.501. The number of imidazole rings is 1. The molecular formula is C23H30N6O5S. The predicted molar refractivity (Wildman–Crippen MR) is 129 cm³/mol. The number of fused-ring (bicyclic) bond motifs is 1. The normalized spacial score (nSPS) is 17.9. The minimum atomic E-state index is -3.87. The van der Waals surface area contributed by atoms with Crippen LogP contribution in [0.1, 0.15) is 50.0 Å². The highest BCUT2D eigenvalue weighted by Crippen LogP contribution is 2.35. The Labute approximate surface area is 203 Å². The summed E-state index contributed by atoms with van der Waals surface area (Å²) in [6, 6.07) is 4.56. The van der Waals surface area contributed by atoms with Gasteiger partial charge < -0.3 is 14.5 Å². The van der Waals surface area contributed by atoms with Gasteiger partial charge in [0.2, 0.25) is 0 Å². The topological polar surface area (TPSA) is 131 Å². The van der Waals surface area contributed by atoms with Crippen molar-refractivity contribution in [3.8, 4) is 17.1 Å². The highest BCUT2D eigenvalue weighted by molar-refractivity contribution is 7.89. The Morgan fingerprint density at radius 2 is 1.97 bits per heavy atom. The molecule has 2 fully saturated rings. The first-order chi connectivity index (χ1) is 16.9. The van der Waals surface area contributed by atoms with Gasteiger partial charge in [0.1, 0.15) is 11.6 Å². The lowest BCUT2D eigenvalue weighted by Crippen LogP contribution is -2.48. The number of ether oxygens (including phenoxy) is 2. The van der Waals surface area contributed by atoms with Gasteiger partial charge >= 0.3 is 0 Å². The third kappa shape index (κ3) is 4.70. The van der Waals surface area contributed by atoms with Crippen LogP contribution < -0.4 is 15.1 Å². The average molecular weight is 503 g/mol. The fourth-order valence-corrected chi connectivity index (χ4v) is 5.93. The lowest BCUT2D eigenvalue weighted by Gasteiger charge is -2.26. The van der Waals surface area contributed by atoms with Gasteiger partial charge in [-0.1, -0.05) is 12.8 Å². The molecule has 2 aromatic heterocycles. The molecule has 35 heavy (non-hydrogen) atoms. The molecule has 0 spiro atoms. The minimum Gasteiger partial charge on any atom is -0.493 e. The van der Waals surface area contributed by atoms with Gasteiger partial charge in [0, 0.05) is 19.0 Å². The Bertz CT molecular complexity index is 1390. The molecule has 2 N–H and O–H groups in total. The number of H-pyrrole nitrogens is 1. The van der Waals surface area contributed by atoms with Crippen molar-refractivity contribution >= 4 is 15.5 Å². The molecule has 2 aliphatic rings. The number of aromatic amines is 1. The van der Waals surface area contributed by atoms with E-state index < -0.39 is 10.0 Å². The Morgan fingerprint density at radius 1 is 1.23 bits per heavy atom. The van der Waals surface area contributed by atoms with Crippen molar-refractivity contribution in [3.05, 3.63) is 40.1 Å². The molecule has 1 aromatic carbocycles. The second kappa shape index (κ2) is 9.69. The molecule has 1 aliphatic heterocycles. The van der Waals surface area contributed by atoms with E-state index in [4.69, 9.17) is 14.6 Å². The molecule has 0 amide bonds. The largest absolute Gasteiger partial charge is 0.493 e. The number of aryl methyl sites for hydroxylation is 1. The van der Waals surface area contributed by atoms with Gasteiger partial charge in [-0.25, -0.2) is 22.9 Å². The van der Waals surface area contributed by atoms with Crippen LogP contribution in [0.3, 0.4) is 0 Å². The fourth-order valence-electron chi connectivity index (χ4n) is 4.78. The average Bonchev–Trinajstić information content (AvgIpc) is 3.48. The molecule has 0 atom stereocenters. The maximum absolute atomic E-state index is 13.1. The van der Waals surface area contributed by atoms with Gasteiger partial charge in [-0.15, -0.1) is 9.93 Å². The first kappa shape index (κ1) is 23.9. The van der Waals surface area contributed by atoms with Crippen LogP contribution in [0.25, 0.3) is 16.9 Å². The third-order valence-electron chi connectivity index (χ3n) is 6.50. The van der Waals surface area contributed by atoms with Crippen molar-refractivity contribution in [2.45, 2.75) is 50.3 Å². The summed E-state index contributed by atoms with van der Waals surface area (Å²) >= 11 is 0. The summed E-state index contributed by atoms with van der Waals surface area (Å²) in [5.41, 5.74) is 1.10. The molecule has 1 aliphatic carbocycles. The molecule has 5 rings (SSSR count). The van der Waals surface area contributed by atoms with Crippen molar-refractivity contribution in [1.82, 2.24) is 29.4 Å². The van der Waals surface area contributed by atoms with E-state index in [1.54, 1.807) is 22.5 Å². The van der Waals surface area contributed by atoms with Crippen molar-refractivity contribution in [3.63, 3.8) is 0 Å². The second-order valence-electron chi connectivity index (χ2n) is 8.89. The van der Waals surface area contributed by atoms with Crippen LogP contribution in [-0.2, 0) is 14.8 Å². The lowest BCUT2D eigenvalue weighted by molar-refractivity contribution is 0.0272. The van der Waals surface area contributed by atoms with E-state index in [2.05, 4.69) is 14.8 Å². The number of hydrogen-bond donors (Lipinski definition) is 2. The minimum absolute atomic E-state index is 0.0445. The molecular weight excluding hydrogens is 472 g/mol. The monoisotopic (exact) mass is 502 g/mol. The van der Waals surface area contributed by atoms with Gasteiger partial charge in [0.25, 0.3) is 15.6 Å². The zero-order chi connectivity index (χ0) is 24.6. The maximum atomic E-state index is 13.1. The number of hydrazine groups is 1. The predicted octanol–water partition coefficient (Wildman–Crippen LogP) is 1.97. The van der Waals surface area contributed by atoms with Gasteiger partial charge in [0.15, 0.2) is 11.3 Å². The first-order valence-corrected chi connectivity index (χ1v) is 13.5. The van der Waals surface area contributed by atoms with Crippen LogP contribution in [0.4, 0.5) is 0 Å². The molecule has 3 aromatic rings. The molecule has 0 bridgehead atoms. The van der Waals surface area contributed by atoms with Gasteiger partial charge in [0.05, 0.1) is 36.0 Å². The number of aromatic nitrogens is 4. The number of sulfonamides is 1. The van der Waals surface area contributed by atoms with Gasteiger partial charge in [-0.3, -0.25) is 4.79 Å². The van der Waals surface area contributed by atoms with E-state index >= 15 is 0 Å². The first-order valence-electron chi connectivity index (χ1n) is 12.0. The highest BCUT2D eigenvalue weighted by Gasteiger charge is 2.26. The number of morpholine rings is 1. The zero-order valence-corrected chi connectivity index (χ0v) is 20.7. The summed E-state index contributed by atoms with van der Waals surface area (Å²) in [5, 5.41) is 6.34. The Hall–Kier alpha value is -2.80. The summed E-state index contributed by atoms with van der Waals surface area (Å²) < 4.78 is 38.9. The van der Waals surface area contributed by atoms with E-state index in [0.717, 1.165) is 31.5 Å². The lowest BCUT2D eigenvalue weighted by atomic mass is 10.1. The SMILES string of the molecule is CCOc1ccc(S(=O)(=O)NN2CCOCC2)cc1-c1nn2c(C3CCCC3)nc(C)c2c(=O)[nH]1. The van der Waals surface area contributed by atoms with E-state index in [1.165, 1.54) is 12.1 Å². The van der Waals surface area contributed by atoms with Crippen LogP contribution in [0.15, 0.2) is 27.9 Å². The Kier molecular flexibility index (Phi) is 6.62. The van der Waals surface area contributed by atoms with E-state index in [9.17, 15) is 13.2 Å². The standard InChI is InChI=1S/C23H30N6O5S/c1-3-34-19-9-8-17(35(31,32)27-28-10-12-33-13-11-28)14-18(19)21-25-23(30)20-15(2)24-22(29(20)26-21)16-6-4-5-7-16/h8-9,14,16,27H,3-7,10-13H2,1-2H3,(H,25,26,30). The second-order valence-corrected chi connectivity index (χ2v) is 10.5. The molecule has 0 radical (unpaired) electrons. The summed E-state index contributed by atoms with van der Waals surface area (Å²) in [7, 11) is -3.87. The number of hydrogen-bond acceptors (Lipinski definition) is 8. The maximum Gasteiger partial charge on any atom is 0.277 e. The molecule has 1 saturated heterocycles. The molecule has 11 nitrogen and oxygen atoms in total. The van der Waals surface area contributed by atoms with Crippen molar-refractivity contribution in [2.75, 3.05) is 32.9 Å². The van der Waals surface area contributed by atoms with E-state index in [-0.39, 0.29) is 22.2 Å². The summed E-state index contributed by atoms with van der Waals surface area (Å²) in [5.74, 6) is 1.68. The smallest absolute Gasteiger partial charge is 0.277 e. The van der Waals surface area contributed by atoms with E-state index in [1.807, 2.05) is 6.92 Å². The number of benzene rings is 1. The van der Waals surface area contributed by atoms with Crippen LogP contribution in [0, 0.1) is 6.92 Å². The van der Waals surface area contributed by atoms with Crippen LogP contribution in [0.5, 0.6) is 5.75 Å². The summed E-state index contributed by atoms with van der Waals surface area (Å²) in [6.45, 7) is 5.84. The van der Waals surface area contributed by atoms with E-state index in [0.29, 0.717) is 55.4 Å². The Morgan fingerprint density at radius 3 is 2.69 bits per heavy atom. The third-order valence-corrected chi connectivity index (χ3v) is 7.87. The number of nitrogens with zero attached hydrogens (tertiary/aromatic N) is 4. The highest BCUT2D eigenvalue weighted by atomic mass is 32.2.